The van der Waals surface area contributed by atoms with Gasteiger partial charge in [0.05, 0.1) is 18.2 Å². The molecule has 0 spiro atoms. The van der Waals surface area contributed by atoms with Crippen molar-refractivity contribution >= 4 is 23.0 Å². The highest BCUT2D eigenvalue weighted by Crippen LogP contribution is 2.39. The van der Waals surface area contributed by atoms with Crippen molar-refractivity contribution in [1.29, 1.82) is 0 Å². The fourth-order valence-corrected chi connectivity index (χ4v) is 4.10. The summed E-state index contributed by atoms with van der Waals surface area (Å²) < 4.78 is 5.17. The van der Waals surface area contributed by atoms with E-state index in [0.717, 1.165) is 59.9 Å². The molecule has 0 saturated heterocycles. The van der Waals surface area contributed by atoms with Gasteiger partial charge in [-0.3, -0.25) is 0 Å². The van der Waals surface area contributed by atoms with Crippen LogP contribution in [0.15, 0.2) is 41.3 Å². The summed E-state index contributed by atoms with van der Waals surface area (Å²) in [5.74, 6) is 0.521. The normalized spacial score (nSPS) is 24.0. The van der Waals surface area contributed by atoms with E-state index in [1.54, 1.807) is 18.7 Å². The smallest absolute Gasteiger partial charge is 0.139 e. The molecule has 4 rings (SSSR count). The van der Waals surface area contributed by atoms with E-state index in [1.165, 1.54) is 0 Å². The number of aromatic amines is 1. The third-order valence-corrected chi connectivity index (χ3v) is 6.01. The summed E-state index contributed by atoms with van der Waals surface area (Å²) in [6.45, 7) is 2.70. The van der Waals surface area contributed by atoms with Gasteiger partial charge in [0.2, 0.25) is 0 Å². The van der Waals surface area contributed by atoms with Crippen LogP contribution in [0.1, 0.15) is 32.6 Å². The maximum absolute atomic E-state index is 11.9. The molecule has 1 saturated carbocycles. The van der Waals surface area contributed by atoms with Crippen molar-refractivity contribution in [2.45, 2.75) is 38.6 Å². The first kappa shape index (κ1) is 17.8. The highest BCUT2D eigenvalue weighted by Gasteiger charge is 2.36. The largest absolute Gasteiger partial charge is 0.472 e. The second-order valence-corrected chi connectivity index (χ2v) is 7.85. The highest BCUT2D eigenvalue weighted by molar-refractivity contribution is 5.93. The molecule has 0 radical (unpaired) electrons. The molecule has 1 aliphatic carbocycles. The first-order valence-electron chi connectivity index (χ1n) is 9.56. The minimum absolute atomic E-state index is 0.198. The Kier molecular flexibility index (Phi) is 4.74. The molecular formula is C21H26N4O2. The number of pyridine rings is 1. The summed E-state index contributed by atoms with van der Waals surface area (Å²) in [6, 6.07) is 6.14. The number of nitrogens with zero attached hydrogens (tertiary/aromatic N) is 1. The molecule has 6 nitrogen and oxygen atoms in total. The lowest BCUT2D eigenvalue weighted by atomic mass is 9.70. The van der Waals surface area contributed by atoms with E-state index in [4.69, 9.17) is 10.2 Å². The standard InChI is InChI=1S/C21H26N4O2/c1-14(22)15-2-6-21(13-26,7-3-15)12-24-18-4-8-23-20-17(18)10-19(25-20)16-5-9-27-11-16/h4-5,8-11,13-15H,2-3,6-7,12,22H2,1H3,(H2,23,24,25). The topological polar surface area (TPSA) is 96.9 Å². The number of H-pyrrole nitrogens is 1. The summed E-state index contributed by atoms with van der Waals surface area (Å²) in [5.41, 5.74) is 9.48. The zero-order valence-corrected chi connectivity index (χ0v) is 15.6. The van der Waals surface area contributed by atoms with Gasteiger partial charge in [-0.15, -0.1) is 0 Å². The predicted molar refractivity (Wildman–Crippen MR) is 106 cm³/mol. The molecule has 1 unspecified atom stereocenters. The van der Waals surface area contributed by atoms with Crippen molar-refractivity contribution in [3.63, 3.8) is 0 Å². The first-order valence-corrected chi connectivity index (χ1v) is 9.56. The molecule has 1 fully saturated rings. The number of aromatic nitrogens is 2. The van der Waals surface area contributed by atoms with Gasteiger partial charge in [0.15, 0.2) is 0 Å². The number of carbonyl (C=O) groups excluding carboxylic acids is 1. The van der Waals surface area contributed by atoms with Crippen molar-refractivity contribution < 1.29 is 9.21 Å². The van der Waals surface area contributed by atoms with E-state index in [0.29, 0.717) is 12.5 Å². The molecule has 27 heavy (non-hydrogen) atoms. The third kappa shape index (κ3) is 3.49. The maximum Gasteiger partial charge on any atom is 0.139 e. The van der Waals surface area contributed by atoms with Crippen LogP contribution in [0.25, 0.3) is 22.3 Å². The quantitative estimate of drug-likeness (QED) is 0.574. The maximum atomic E-state index is 11.9. The number of aldehydes is 1. The van der Waals surface area contributed by atoms with Crippen LogP contribution in [0.3, 0.4) is 0 Å². The summed E-state index contributed by atoms with van der Waals surface area (Å²) in [6.07, 6.45) is 10.1. The average molecular weight is 366 g/mol. The Bertz CT molecular complexity index is 906. The van der Waals surface area contributed by atoms with Gasteiger partial charge in [0.25, 0.3) is 0 Å². The van der Waals surface area contributed by atoms with Crippen molar-refractivity contribution in [1.82, 2.24) is 9.97 Å². The second-order valence-electron chi connectivity index (χ2n) is 7.85. The Morgan fingerprint density at radius 1 is 1.44 bits per heavy atom. The molecule has 6 heteroatoms. The van der Waals surface area contributed by atoms with Crippen LogP contribution >= 0.6 is 0 Å². The Morgan fingerprint density at radius 2 is 2.26 bits per heavy atom. The summed E-state index contributed by atoms with van der Waals surface area (Å²) in [7, 11) is 0. The van der Waals surface area contributed by atoms with E-state index in [9.17, 15) is 4.79 Å². The summed E-state index contributed by atoms with van der Waals surface area (Å²) >= 11 is 0. The third-order valence-electron chi connectivity index (χ3n) is 6.01. The van der Waals surface area contributed by atoms with Gasteiger partial charge in [-0.1, -0.05) is 0 Å². The van der Waals surface area contributed by atoms with Crippen molar-refractivity contribution in [2.75, 3.05) is 11.9 Å². The highest BCUT2D eigenvalue weighted by atomic mass is 16.3. The second kappa shape index (κ2) is 7.19. The molecule has 3 heterocycles. The van der Waals surface area contributed by atoms with E-state index in [-0.39, 0.29) is 11.5 Å². The van der Waals surface area contributed by atoms with E-state index >= 15 is 0 Å². The molecule has 0 aromatic carbocycles. The molecule has 1 aliphatic rings. The summed E-state index contributed by atoms with van der Waals surface area (Å²) in [5, 5.41) is 4.52. The van der Waals surface area contributed by atoms with Crippen molar-refractivity contribution in [3.05, 3.63) is 36.9 Å². The average Bonchev–Trinajstić information content (AvgIpc) is 3.36. The van der Waals surface area contributed by atoms with Crippen LogP contribution in [0.5, 0.6) is 0 Å². The molecular weight excluding hydrogens is 340 g/mol. The van der Waals surface area contributed by atoms with Crippen LogP contribution in [0, 0.1) is 11.3 Å². The van der Waals surface area contributed by atoms with E-state index < -0.39 is 0 Å². The van der Waals surface area contributed by atoms with Gasteiger partial charge < -0.3 is 25.2 Å². The number of nitrogens with one attached hydrogen (secondary N) is 2. The van der Waals surface area contributed by atoms with Crippen LogP contribution in [-0.4, -0.2) is 28.8 Å². The number of carbonyl (C=O) groups is 1. The number of nitrogens with two attached hydrogens (primary N) is 1. The van der Waals surface area contributed by atoms with Crippen LogP contribution in [0.2, 0.25) is 0 Å². The van der Waals surface area contributed by atoms with Gasteiger partial charge in [0, 0.05) is 40.8 Å². The minimum atomic E-state index is -0.315. The van der Waals surface area contributed by atoms with Crippen LogP contribution in [-0.2, 0) is 4.79 Å². The van der Waals surface area contributed by atoms with Crippen molar-refractivity contribution in [2.24, 2.45) is 17.1 Å². The lowest BCUT2D eigenvalue weighted by Crippen LogP contribution is -2.39. The zero-order valence-electron chi connectivity index (χ0n) is 15.6. The lowest BCUT2D eigenvalue weighted by Gasteiger charge is -2.37. The number of furan rings is 1. The molecule has 4 N–H and O–H groups in total. The Hall–Kier alpha value is -2.60. The van der Waals surface area contributed by atoms with Crippen LogP contribution in [0.4, 0.5) is 5.69 Å². The van der Waals surface area contributed by atoms with Gasteiger partial charge in [-0.2, -0.15) is 0 Å². The van der Waals surface area contributed by atoms with Gasteiger partial charge >= 0.3 is 0 Å². The number of rotatable bonds is 6. The van der Waals surface area contributed by atoms with E-state index in [2.05, 4.69) is 28.3 Å². The Morgan fingerprint density at radius 3 is 2.93 bits per heavy atom. The summed E-state index contributed by atoms with van der Waals surface area (Å²) in [4.78, 5) is 19.7. The molecule has 142 valence electrons. The number of anilines is 1. The van der Waals surface area contributed by atoms with Gasteiger partial charge in [0.1, 0.15) is 11.9 Å². The van der Waals surface area contributed by atoms with Crippen LogP contribution < -0.4 is 11.1 Å². The number of hydrogen-bond acceptors (Lipinski definition) is 5. The fourth-order valence-electron chi connectivity index (χ4n) is 4.10. The number of hydrogen-bond donors (Lipinski definition) is 3. The molecule has 0 aliphatic heterocycles. The van der Waals surface area contributed by atoms with Gasteiger partial charge in [-0.25, -0.2) is 4.98 Å². The molecule has 3 aromatic heterocycles. The molecule has 0 amide bonds. The number of fused-ring (bicyclic) bond motifs is 1. The Balaban J connectivity index is 1.52. The lowest BCUT2D eigenvalue weighted by molar-refractivity contribution is -0.117. The zero-order chi connectivity index (χ0) is 18.9. The van der Waals surface area contributed by atoms with E-state index in [1.807, 2.05) is 12.1 Å². The molecule has 0 bridgehead atoms. The van der Waals surface area contributed by atoms with Crippen molar-refractivity contribution in [3.8, 4) is 11.3 Å². The Labute approximate surface area is 158 Å². The predicted octanol–water partition coefficient (Wildman–Crippen LogP) is 3.96. The SMILES string of the molecule is CC(N)C1CCC(C=O)(CNc2ccnc3[nH]c(-c4ccoc4)cc23)CC1. The molecule has 1 atom stereocenters. The minimum Gasteiger partial charge on any atom is -0.472 e. The monoisotopic (exact) mass is 366 g/mol. The first-order chi connectivity index (χ1) is 13.1. The van der Waals surface area contributed by atoms with Gasteiger partial charge in [-0.05, 0) is 56.7 Å². The fraction of sp³-hybridized carbons (Fsp3) is 0.429. The molecule has 3 aromatic rings.